The van der Waals surface area contributed by atoms with Crippen LogP contribution >= 0.6 is 0 Å². The zero-order chi connectivity index (χ0) is 16.0. The van der Waals surface area contributed by atoms with Gasteiger partial charge in [-0.3, -0.25) is 4.79 Å². The number of hydrogen-bond donors (Lipinski definition) is 2. The highest BCUT2D eigenvalue weighted by Crippen LogP contribution is 2.36. The first-order chi connectivity index (χ1) is 10.6. The van der Waals surface area contributed by atoms with Gasteiger partial charge < -0.3 is 15.3 Å². The number of benzene rings is 1. The van der Waals surface area contributed by atoms with Crippen LogP contribution in [0.15, 0.2) is 24.3 Å². The zero-order valence-corrected chi connectivity index (χ0v) is 13.0. The fraction of sp³-hybridized carbons (Fsp3) is 0.529. The Balaban J connectivity index is 1.91. The molecule has 0 aliphatic heterocycles. The maximum Gasteiger partial charge on any atom is 0.223 e. The van der Waals surface area contributed by atoms with Crippen LogP contribution < -0.4 is 5.32 Å². The Morgan fingerprint density at radius 2 is 2.27 bits per heavy atom. The van der Waals surface area contributed by atoms with Crippen LogP contribution in [0.4, 0.5) is 0 Å². The Bertz CT molecular complexity index is 567. The summed E-state index contributed by atoms with van der Waals surface area (Å²) >= 11 is 0. The summed E-state index contributed by atoms with van der Waals surface area (Å²) in [4.78, 5) is 13.6. The lowest BCUT2D eigenvalue weighted by molar-refractivity contribution is -0.129. The Morgan fingerprint density at radius 1 is 1.50 bits per heavy atom. The summed E-state index contributed by atoms with van der Waals surface area (Å²) in [6, 6.07) is 10.2. The van der Waals surface area contributed by atoms with Crippen molar-refractivity contribution in [2.24, 2.45) is 0 Å². The fourth-order valence-electron chi connectivity index (χ4n) is 3.03. The summed E-state index contributed by atoms with van der Waals surface area (Å²) in [6.45, 7) is 1.01. The first-order valence-electron chi connectivity index (χ1n) is 7.68. The summed E-state index contributed by atoms with van der Waals surface area (Å²) in [5.74, 6) is 0.0159. The molecule has 2 rings (SSSR count). The van der Waals surface area contributed by atoms with Crippen LogP contribution in [-0.4, -0.2) is 42.7 Å². The van der Waals surface area contributed by atoms with E-state index in [9.17, 15) is 9.90 Å². The number of aliphatic hydroxyl groups excluding tert-OH is 1. The number of carbonyl (C=O) groups is 1. The van der Waals surface area contributed by atoms with Gasteiger partial charge in [0.15, 0.2) is 0 Å². The molecule has 1 atom stereocenters. The van der Waals surface area contributed by atoms with E-state index in [1.807, 2.05) is 24.3 Å². The molecule has 1 aromatic carbocycles. The third kappa shape index (κ3) is 3.46. The molecule has 1 aromatic rings. The van der Waals surface area contributed by atoms with Gasteiger partial charge in [-0.25, -0.2) is 0 Å². The molecule has 0 heterocycles. The number of carbonyl (C=O) groups excluding carboxylic acids is 1. The van der Waals surface area contributed by atoms with Crippen molar-refractivity contribution in [3.63, 3.8) is 0 Å². The van der Waals surface area contributed by atoms with Crippen LogP contribution in [0.25, 0.3) is 0 Å². The summed E-state index contributed by atoms with van der Waals surface area (Å²) in [5.41, 5.74) is 1.98. The minimum Gasteiger partial charge on any atom is -0.394 e. The van der Waals surface area contributed by atoms with E-state index in [0.29, 0.717) is 25.9 Å². The number of nitrogens with one attached hydrogen (secondary N) is 1. The lowest BCUT2D eigenvalue weighted by Gasteiger charge is -2.30. The van der Waals surface area contributed by atoms with Crippen molar-refractivity contribution in [1.29, 1.82) is 5.26 Å². The molecule has 118 valence electrons. The van der Waals surface area contributed by atoms with Gasteiger partial charge in [0.05, 0.1) is 24.6 Å². The Hall–Kier alpha value is -1.90. The highest BCUT2D eigenvalue weighted by molar-refractivity contribution is 5.76. The molecule has 0 saturated heterocycles. The van der Waals surface area contributed by atoms with E-state index in [2.05, 4.69) is 11.4 Å². The SMILES string of the molecule is CN(CCC#N)C(=O)CCNC1(CO)CCc2ccccc21. The molecule has 1 aliphatic carbocycles. The number of nitrogens with zero attached hydrogens (tertiary/aromatic N) is 2. The Labute approximate surface area is 131 Å². The smallest absolute Gasteiger partial charge is 0.223 e. The van der Waals surface area contributed by atoms with E-state index < -0.39 is 5.54 Å². The topological polar surface area (TPSA) is 76.4 Å². The van der Waals surface area contributed by atoms with Gasteiger partial charge in [-0.2, -0.15) is 5.26 Å². The number of aryl methyl sites for hydroxylation is 1. The number of amides is 1. The molecule has 1 unspecified atom stereocenters. The maximum atomic E-state index is 12.0. The van der Waals surface area contributed by atoms with E-state index in [1.165, 1.54) is 5.56 Å². The fourth-order valence-corrected chi connectivity index (χ4v) is 3.03. The molecule has 2 N–H and O–H groups in total. The monoisotopic (exact) mass is 301 g/mol. The van der Waals surface area contributed by atoms with E-state index in [-0.39, 0.29) is 12.5 Å². The standard InChI is InChI=1S/C17H23N3O2/c1-20(12-4-10-18)16(22)8-11-19-17(13-21)9-7-14-5-2-3-6-15(14)17/h2-3,5-6,19,21H,4,7-9,11-13H2,1H3. The summed E-state index contributed by atoms with van der Waals surface area (Å²) in [5, 5.41) is 21.8. The van der Waals surface area contributed by atoms with Crippen molar-refractivity contribution in [2.45, 2.75) is 31.2 Å². The highest BCUT2D eigenvalue weighted by atomic mass is 16.3. The van der Waals surface area contributed by atoms with E-state index in [1.54, 1.807) is 11.9 Å². The molecule has 0 aromatic heterocycles. The molecule has 0 spiro atoms. The van der Waals surface area contributed by atoms with Crippen LogP contribution in [0.2, 0.25) is 0 Å². The first-order valence-corrected chi connectivity index (χ1v) is 7.68. The minimum atomic E-state index is -0.428. The van der Waals surface area contributed by atoms with Crippen LogP contribution in [0.3, 0.4) is 0 Å². The van der Waals surface area contributed by atoms with E-state index >= 15 is 0 Å². The lowest BCUT2D eigenvalue weighted by Crippen LogP contribution is -2.45. The number of rotatable bonds is 7. The second-order valence-corrected chi connectivity index (χ2v) is 5.80. The molecule has 22 heavy (non-hydrogen) atoms. The molecular formula is C17H23N3O2. The largest absolute Gasteiger partial charge is 0.394 e. The molecule has 5 heteroatoms. The highest BCUT2D eigenvalue weighted by Gasteiger charge is 2.37. The summed E-state index contributed by atoms with van der Waals surface area (Å²) < 4.78 is 0. The second kappa shape index (κ2) is 7.39. The predicted octanol–water partition coefficient (Wildman–Crippen LogP) is 1.17. The van der Waals surface area contributed by atoms with Crippen LogP contribution in [0.1, 0.15) is 30.4 Å². The molecule has 0 bridgehead atoms. The van der Waals surface area contributed by atoms with Crippen molar-refractivity contribution < 1.29 is 9.90 Å². The van der Waals surface area contributed by atoms with Crippen molar-refractivity contribution >= 4 is 5.91 Å². The van der Waals surface area contributed by atoms with Gasteiger partial charge in [0.1, 0.15) is 0 Å². The minimum absolute atomic E-state index is 0.0159. The van der Waals surface area contributed by atoms with E-state index in [0.717, 1.165) is 18.4 Å². The van der Waals surface area contributed by atoms with Gasteiger partial charge in [-0.05, 0) is 24.0 Å². The first kappa shape index (κ1) is 16.5. The average molecular weight is 301 g/mol. The normalized spacial score (nSPS) is 19.5. The molecule has 1 amide bonds. The third-order valence-corrected chi connectivity index (χ3v) is 4.41. The van der Waals surface area contributed by atoms with Crippen molar-refractivity contribution in [3.05, 3.63) is 35.4 Å². The van der Waals surface area contributed by atoms with Gasteiger partial charge >= 0.3 is 0 Å². The van der Waals surface area contributed by atoms with Crippen molar-refractivity contribution in [1.82, 2.24) is 10.2 Å². The zero-order valence-electron chi connectivity index (χ0n) is 13.0. The van der Waals surface area contributed by atoms with Gasteiger partial charge in [0.2, 0.25) is 5.91 Å². The van der Waals surface area contributed by atoms with Gasteiger partial charge in [-0.15, -0.1) is 0 Å². The number of aliphatic hydroxyl groups is 1. The van der Waals surface area contributed by atoms with Gasteiger partial charge in [0, 0.05) is 26.6 Å². The molecule has 0 fully saturated rings. The summed E-state index contributed by atoms with van der Waals surface area (Å²) in [6.07, 6.45) is 2.51. The van der Waals surface area contributed by atoms with Crippen molar-refractivity contribution in [3.8, 4) is 6.07 Å². The number of fused-ring (bicyclic) bond motifs is 1. The molecular weight excluding hydrogens is 278 g/mol. The number of hydrogen-bond acceptors (Lipinski definition) is 4. The molecule has 0 saturated carbocycles. The van der Waals surface area contributed by atoms with Crippen LogP contribution in [0, 0.1) is 11.3 Å². The summed E-state index contributed by atoms with van der Waals surface area (Å²) in [7, 11) is 1.71. The third-order valence-electron chi connectivity index (χ3n) is 4.41. The molecule has 5 nitrogen and oxygen atoms in total. The quantitative estimate of drug-likeness (QED) is 0.792. The van der Waals surface area contributed by atoms with Gasteiger partial charge in [-0.1, -0.05) is 24.3 Å². The molecule has 1 aliphatic rings. The Kier molecular flexibility index (Phi) is 5.53. The number of nitriles is 1. The Morgan fingerprint density at radius 3 is 3.00 bits per heavy atom. The second-order valence-electron chi connectivity index (χ2n) is 5.80. The maximum absolute atomic E-state index is 12.0. The lowest BCUT2D eigenvalue weighted by atomic mass is 9.92. The van der Waals surface area contributed by atoms with E-state index in [4.69, 9.17) is 5.26 Å². The van der Waals surface area contributed by atoms with Gasteiger partial charge in [0.25, 0.3) is 0 Å². The van der Waals surface area contributed by atoms with Crippen molar-refractivity contribution in [2.75, 3.05) is 26.7 Å². The average Bonchev–Trinajstić information content (AvgIpc) is 2.92. The van der Waals surface area contributed by atoms with Crippen LogP contribution in [0.5, 0.6) is 0 Å². The van der Waals surface area contributed by atoms with Crippen LogP contribution in [-0.2, 0) is 16.8 Å². The molecule has 0 radical (unpaired) electrons. The predicted molar refractivity (Wildman–Crippen MR) is 84.0 cm³/mol.